The van der Waals surface area contributed by atoms with Gasteiger partial charge in [-0.3, -0.25) is 14.4 Å². The largest absolute Gasteiger partial charge is 0.477 e. The first kappa shape index (κ1) is 67.8. The number of carboxylic acid groups (broad SMARTS) is 1. The van der Waals surface area contributed by atoms with Crippen molar-refractivity contribution >= 4 is 23.7 Å². The van der Waals surface area contributed by atoms with Crippen LogP contribution in [0.15, 0.2) is 0 Å². The average molecular weight is 1200 g/mol. The monoisotopic (exact) mass is 1200 g/mol. The molecule has 474 valence electrons. The maximum absolute atomic E-state index is 13.0. The molecule has 6 heterocycles. The van der Waals surface area contributed by atoms with Gasteiger partial charge in [-0.1, -0.05) is 0 Å². The van der Waals surface area contributed by atoms with Gasteiger partial charge in [-0.25, -0.2) is 4.79 Å². The molecule has 0 aromatic carbocycles. The first-order valence-corrected chi connectivity index (χ1v) is 25.8. The van der Waals surface area contributed by atoms with E-state index in [0.717, 1.165) is 13.8 Å². The van der Waals surface area contributed by atoms with Crippen LogP contribution in [-0.4, -0.2) is 350 Å². The number of hydrogen-bond acceptors (Lipinski definition) is 33. The summed E-state index contributed by atoms with van der Waals surface area (Å²) in [6.07, 6.45) is -56.3. The minimum Gasteiger partial charge on any atom is -0.477 e. The summed E-state index contributed by atoms with van der Waals surface area (Å²) in [5, 5.41) is 211. The first-order valence-electron chi connectivity index (χ1n) is 25.8. The second-order valence-corrected chi connectivity index (χ2v) is 20.4. The Balaban J connectivity index is 1.39. The molecule has 31 atom stereocenters. The highest BCUT2D eigenvalue weighted by atomic mass is 16.8. The Hall–Kier alpha value is -3.28. The van der Waals surface area contributed by atoms with Crippen LogP contribution in [0.2, 0.25) is 0 Å². The van der Waals surface area contributed by atoms with E-state index in [1.165, 1.54) is 6.92 Å². The number of hydrogen-bond donors (Lipinski definition) is 22. The molecule has 37 nitrogen and oxygen atoms in total. The third-order valence-corrected chi connectivity index (χ3v) is 14.7. The Labute approximate surface area is 463 Å². The number of aliphatic carboxylic acids is 1. The Morgan fingerprint density at radius 3 is 1.57 bits per heavy atom. The van der Waals surface area contributed by atoms with E-state index in [9.17, 15) is 116 Å². The molecule has 6 saturated heterocycles. The van der Waals surface area contributed by atoms with Crippen LogP contribution in [0, 0.1) is 0 Å². The van der Waals surface area contributed by atoms with Gasteiger partial charge in [-0.15, -0.1) is 0 Å². The van der Waals surface area contributed by atoms with Gasteiger partial charge in [-0.2, -0.15) is 0 Å². The standard InChI is InChI=1S/C45H75N3O34/c1-11-24(59)30(65)32(67)41(73-11)81-38-37(80-40-23(47-13(3)55)35(27(62)17(7-51)75-40)78-42-33(68)31(66)26(61)16(6-50)76-42)28(63)18(8-52)77-43(38)79-34-22(46-12(2)54)39(69)74-19(29(34)64)10-72-45(44(70)71)4-14(56)21(48-20(58)9-53)36(82-45)25(60)15(57)5-49/h11,14-19,21-43,49-53,56-57,59-69H,4-10H2,1-3H3,(H,46,54)(H,47,55)(H,48,58)(H,70,71)/t11-,14-,15+,16+,17+,18+,19+,21+,22+,23+,24+,25+,26-,27-,28-,29-,30+,31-,32+,33+,34+,35+,36+,37-,38+,39?,40+,41-,42+,43-,45+/m0/s1. The van der Waals surface area contributed by atoms with E-state index >= 15 is 0 Å². The topological polar surface area (TPSA) is 590 Å². The minimum atomic E-state index is -3.11. The minimum absolute atomic E-state index is 0.918. The summed E-state index contributed by atoms with van der Waals surface area (Å²) in [5.41, 5.74) is 0. The van der Waals surface area contributed by atoms with Crippen LogP contribution in [0.25, 0.3) is 0 Å². The number of aliphatic hydroxyl groups excluding tert-OH is 18. The van der Waals surface area contributed by atoms with Crippen molar-refractivity contribution in [3.8, 4) is 0 Å². The van der Waals surface area contributed by atoms with Gasteiger partial charge in [0.1, 0.15) is 141 Å². The number of amides is 3. The molecule has 0 aromatic heterocycles. The van der Waals surface area contributed by atoms with Crippen molar-refractivity contribution < 1.29 is 168 Å². The summed E-state index contributed by atoms with van der Waals surface area (Å²) < 4.78 is 64.3. The highest BCUT2D eigenvalue weighted by Crippen LogP contribution is 2.39. The van der Waals surface area contributed by atoms with E-state index in [2.05, 4.69) is 16.0 Å². The van der Waals surface area contributed by atoms with Crippen molar-refractivity contribution in [3.63, 3.8) is 0 Å². The van der Waals surface area contributed by atoms with Gasteiger partial charge in [-0.05, 0) is 6.92 Å². The normalized spacial score (nSPS) is 46.3. The van der Waals surface area contributed by atoms with Crippen LogP contribution in [0.4, 0.5) is 0 Å². The summed E-state index contributed by atoms with van der Waals surface area (Å²) in [4.78, 5) is 50.8. The molecule has 6 rings (SSSR count). The molecule has 1 unspecified atom stereocenters. The van der Waals surface area contributed by atoms with Gasteiger partial charge in [0, 0.05) is 20.3 Å². The van der Waals surface area contributed by atoms with Crippen molar-refractivity contribution in [1.29, 1.82) is 0 Å². The fourth-order valence-electron chi connectivity index (χ4n) is 10.2. The van der Waals surface area contributed by atoms with Crippen LogP contribution in [0.1, 0.15) is 27.2 Å². The lowest BCUT2D eigenvalue weighted by molar-refractivity contribution is -0.400. The molecular weight excluding hydrogens is 1130 g/mol. The van der Waals surface area contributed by atoms with Gasteiger partial charge < -0.3 is 165 Å². The molecule has 37 heteroatoms. The molecule has 0 radical (unpaired) electrons. The summed E-state index contributed by atoms with van der Waals surface area (Å²) >= 11 is 0. The molecule has 0 aromatic rings. The van der Waals surface area contributed by atoms with Gasteiger partial charge in [0.2, 0.25) is 17.7 Å². The first-order chi connectivity index (χ1) is 38.6. The van der Waals surface area contributed by atoms with Gasteiger partial charge in [0.25, 0.3) is 5.79 Å². The van der Waals surface area contributed by atoms with Crippen molar-refractivity contribution in [2.75, 3.05) is 39.6 Å². The lowest BCUT2D eigenvalue weighted by Crippen LogP contribution is -2.71. The highest BCUT2D eigenvalue weighted by Gasteiger charge is 2.60. The van der Waals surface area contributed by atoms with E-state index in [0.29, 0.717) is 0 Å². The SMILES string of the molecule is CC(=O)N[C@H]1[C@@H](O[C@H]2[C@@H](O)[C@@H](CO)O[C@@H](O[C@H]3[C@@H](O)[C@@H](CO[C@]4(C(=O)O)C[C@H](O)[C@@H](NC(=O)CO)[C@H]([C@H](O)[C@H](O)CO)O4)OC(O)[C@@H]3NC(C)=O)[C@@H]2O[C@@H]2O[C@@H](C)[C@@H](O)[C@@H](O)[C@H]2O)O[C@H](CO)[C@H](O)[C@@H]1O[C@H]1O[C@H](CO)[C@H](O)[C@H](O)[C@H]1O. The lowest BCUT2D eigenvalue weighted by atomic mass is 9.88. The number of carboxylic acids is 1. The summed E-state index contributed by atoms with van der Waals surface area (Å²) in [7, 11) is 0. The Kier molecular flexibility index (Phi) is 23.9. The average Bonchev–Trinajstić information content (AvgIpc) is 3.64. The molecule has 0 bridgehead atoms. The Morgan fingerprint density at radius 1 is 0.537 bits per heavy atom. The molecule has 0 aliphatic carbocycles. The van der Waals surface area contributed by atoms with Crippen molar-refractivity contribution in [3.05, 3.63) is 0 Å². The zero-order chi connectivity index (χ0) is 61.0. The summed E-state index contributed by atoms with van der Waals surface area (Å²) in [6.45, 7) is -3.61. The molecule has 3 amide bonds. The van der Waals surface area contributed by atoms with Crippen LogP contribution >= 0.6 is 0 Å². The number of aliphatic hydroxyl groups is 18. The number of carbonyl (C=O) groups excluding carboxylic acids is 3. The number of nitrogens with one attached hydrogen (secondary N) is 3. The predicted octanol–water partition coefficient (Wildman–Crippen LogP) is -14.5. The fraction of sp³-hybridized carbons (Fsp3) is 0.911. The van der Waals surface area contributed by atoms with Gasteiger partial charge >= 0.3 is 5.97 Å². The molecule has 22 N–H and O–H groups in total. The zero-order valence-electron chi connectivity index (χ0n) is 43.9. The lowest BCUT2D eigenvalue weighted by Gasteiger charge is -2.52. The number of ether oxygens (including phenoxy) is 11. The number of carbonyl (C=O) groups is 4. The van der Waals surface area contributed by atoms with Crippen molar-refractivity contribution in [2.45, 2.75) is 217 Å². The van der Waals surface area contributed by atoms with E-state index in [1.807, 2.05) is 0 Å². The van der Waals surface area contributed by atoms with E-state index in [-0.39, 0.29) is 0 Å². The highest BCUT2D eigenvalue weighted by molar-refractivity contribution is 5.78. The van der Waals surface area contributed by atoms with Gasteiger partial charge in [0.05, 0.1) is 51.3 Å². The smallest absolute Gasteiger partial charge is 0.364 e. The second-order valence-electron chi connectivity index (χ2n) is 20.4. The summed E-state index contributed by atoms with van der Waals surface area (Å²) in [5.74, 6) is -8.18. The van der Waals surface area contributed by atoms with Gasteiger partial charge in [0.15, 0.2) is 31.5 Å². The maximum atomic E-state index is 13.0. The molecule has 0 spiro atoms. The quantitative estimate of drug-likeness (QED) is 0.0479. The zero-order valence-corrected chi connectivity index (χ0v) is 43.9. The van der Waals surface area contributed by atoms with E-state index in [4.69, 9.17) is 52.1 Å². The molecule has 6 aliphatic rings. The van der Waals surface area contributed by atoms with Crippen LogP contribution < -0.4 is 16.0 Å². The third kappa shape index (κ3) is 14.7. The van der Waals surface area contributed by atoms with Crippen LogP contribution in [0.5, 0.6) is 0 Å². The van der Waals surface area contributed by atoms with E-state index in [1.54, 1.807) is 0 Å². The third-order valence-electron chi connectivity index (χ3n) is 14.7. The molecule has 6 fully saturated rings. The Bertz CT molecular complexity index is 2090. The molecular formula is C45H75N3O34. The second kappa shape index (κ2) is 28.9. The fourth-order valence-corrected chi connectivity index (χ4v) is 10.2. The van der Waals surface area contributed by atoms with Crippen LogP contribution in [-0.2, 0) is 71.3 Å². The summed E-state index contributed by atoms with van der Waals surface area (Å²) in [6, 6.07) is -5.58. The molecule has 6 aliphatic heterocycles. The van der Waals surface area contributed by atoms with E-state index < -0.39 is 259 Å². The molecule has 82 heavy (non-hydrogen) atoms. The predicted molar refractivity (Wildman–Crippen MR) is 251 cm³/mol. The maximum Gasteiger partial charge on any atom is 0.364 e. The van der Waals surface area contributed by atoms with Crippen LogP contribution in [0.3, 0.4) is 0 Å². The Morgan fingerprint density at radius 2 is 1.01 bits per heavy atom. The number of rotatable bonds is 22. The van der Waals surface area contributed by atoms with Crippen molar-refractivity contribution in [1.82, 2.24) is 16.0 Å². The van der Waals surface area contributed by atoms with Crippen molar-refractivity contribution in [2.24, 2.45) is 0 Å². The molecule has 0 saturated carbocycles.